The van der Waals surface area contributed by atoms with Gasteiger partial charge in [0.1, 0.15) is 0 Å². The van der Waals surface area contributed by atoms with E-state index in [4.69, 9.17) is 0 Å². The highest BCUT2D eigenvalue weighted by Gasteiger charge is 2.38. The van der Waals surface area contributed by atoms with E-state index in [0.717, 1.165) is 0 Å². The summed E-state index contributed by atoms with van der Waals surface area (Å²) in [6, 6.07) is 0. The van der Waals surface area contributed by atoms with E-state index in [-0.39, 0.29) is 0 Å². The lowest BCUT2D eigenvalue weighted by Crippen LogP contribution is -2.33. The van der Waals surface area contributed by atoms with Crippen LogP contribution in [0.1, 0.15) is 19.3 Å². The first-order chi connectivity index (χ1) is 5.74. The lowest BCUT2D eigenvalue weighted by atomic mass is 9.61. The Morgan fingerprint density at radius 1 is 1.17 bits per heavy atom. The average molecular weight is 160 g/mol. The number of fused-ring (bicyclic) bond motifs is 3. The quantitative estimate of drug-likeness (QED) is 0.516. The zero-order chi connectivity index (χ0) is 8.72. The lowest BCUT2D eigenvalue weighted by molar-refractivity contribution is 0.234. The van der Waals surface area contributed by atoms with Gasteiger partial charge in [0.15, 0.2) is 0 Å². The third-order valence-electron chi connectivity index (χ3n) is 3.56. The molecule has 0 spiro atoms. The van der Waals surface area contributed by atoms with Crippen molar-refractivity contribution in [2.75, 3.05) is 0 Å². The molecule has 64 valence electrons. The maximum absolute atomic E-state index is 4.13. The van der Waals surface area contributed by atoms with Gasteiger partial charge in [-0.2, -0.15) is 0 Å². The highest BCUT2D eigenvalue weighted by atomic mass is 14.4. The number of allylic oxidation sites excluding steroid dienone is 3. The Bertz CT molecular complexity index is 247. The maximum atomic E-state index is 4.13. The van der Waals surface area contributed by atoms with Gasteiger partial charge < -0.3 is 0 Å². The van der Waals surface area contributed by atoms with Gasteiger partial charge in [-0.05, 0) is 48.2 Å². The van der Waals surface area contributed by atoms with Crippen molar-refractivity contribution in [1.82, 2.24) is 0 Å². The van der Waals surface area contributed by atoms with Gasteiger partial charge in [0.2, 0.25) is 0 Å². The highest BCUT2D eigenvalue weighted by Crippen LogP contribution is 2.50. The molecule has 0 aromatic heterocycles. The Balaban J connectivity index is 2.29. The standard InChI is InChI=1S/C12H16/c1-4-10-7-11-5-6-12(10)9(3)8(11)2/h4,10-12H,1-3,5-7H2/t10-,11-,12-/m1/s1. The van der Waals surface area contributed by atoms with Gasteiger partial charge in [-0.3, -0.25) is 0 Å². The van der Waals surface area contributed by atoms with E-state index in [9.17, 15) is 0 Å². The molecule has 3 rings (SSSR count). The van der Waals surface area contributed by atoms with Crippen molar-refractivity contribution in [3.63, 3.8) is 0 Å². The van der Waals surface area contributed by atoms with Crippen LogP contribution in [0.15, 0.2) is 37.0 Å². The molecule has 0 heterocycles. The van der Waals surface area contributed by atoms with Gasteiger partial charge in [0.25, 0.3) is 0 Å². The molecule has 2 bridgehead atoms. The SMILES string of the molecule is C=C[C@@H]1C[C@H]2CC[C@@H]1C(=C)C2=C. The molecule has 0 amide bonds. The van der Waals surface area contributed by atoms with Crippen LogP contribution >= 0.6 is 0 Å². The third-order valence-corrected chi connectivity index (χ3v) is 3.56. The second kappa shape index (κ2) is 2.62. The number of hydrogen-bond donors (Lipinski definition) is 0. The van der Waals surface area contributed by atoms with Gasteiger partial charge in [-0.15, -0.1) is 6.58 Å². The Morgan fingerprint density at radius 2 is 1.92 bits per heavy atom. The fourth-order valence-electron chi connectivity index (χ4n) is 2.72. The number of hydrogen-bond acceptors (Lipinski definition) is 0. The molecule has 0 N–H and O–H groups in total. The molecule has 3 fully saturated rings. The van der Waals surface area contributed by atoms with E-state index in [1.165, 1.54) is 30.4 Å². The van der Waals surface area contributed by atoms with E-state index < -0.39 is 0 Å². The van der Waals surface area contributed by atoms with Crippen molar-refractivity contribution in [2.24, 2.45) is 17.8 Å². The van der Waals surface area contributed by atoms with Crippen molar-refractivity contribution in [1.29, 1.82) is 0 Å². The van der Waals surface area contributed by atoms with Crippen LogP contribution in [-0.4, -0.2) is 0 Å². The van der Waals surface area contributed by atoms with Gasteiger partial charge >= 0.3 is 0 Å². The van der Waals surface area contributed by atoms with E-state index in [2.05, 4.69) is 25.8 Å². The zero-order valence-corrected chi connectivity index (χ0v) is 7.55. The average Bonchev–Trinajstić information content (AvgIpc) is 2.12. The predicted octanol–water partition coefficient (Wildman–Crippen LogP) is 3.33. The van der Waals surface area contributed by atoms with E-state index in [1.54, 1.807) is 0 Å². The van der Waals surface area contributed by atoms with Crippen LogP contribution in [0.25, 0.3) is 0 Å². The summed E-state index contributed by atoms with van der Waals surface area (Å²) in [5.41, 5.74) is 2.63. The van der Waals surface area contributed by atoms with Crippen molar-refractivity contribution in [2.45, 2.75) is 19.3 Å². The lowest BCUT2D eigenvalue weighted by Gasteiger charge is -2.44. The third kappa shape index (κ3) is 0.906. The summed E-state index contributed by atoms with van der Waals surface area (Å²) in [5, 5.41) is 0. The van der Waals surface area contributed by atoms with E-state index >= 15 is 0 Å². The van der Waals surface area contributed by atoms with Crippen molar-refractivity contribution in [3.05, 3.63) is 37.0 Å². The summed E-state index contributed by atoms with van der Waals surface area (Å²) in [6.07, 6.45) is 6.01. The monoisotopic (exact) mass is 160 g/mol. The Labute approximate surface area is 74.7 Å². The first-order valence-corrected chi connectivity index (χ1v) is 4.74. The normalized spacial score (nSPS) is 40.2. The molecule has 0 aromatic carbocycles. The molecule has 3 saturated carbocycles. The summed E-state index contributed by atoms with van der Waals surface area (Å²) in [6.45, 7) is 12.1. The van der Waals surface area contributed by atoms with Gasteiger partial charge in [-0.25, -0.2) is 0 Å². The molecule has 0 nitrogen and oxygen atoms in total. The second-order valence-electron chi connectivity index (χ2n) is 4.07. The van der Waals surface area contributed by atoms with Gasteiger partial charge in [0, 0.05) is 0 Å². The summed E-state index contributed by atoms with van der Waals surface area (Å²) in [4.78, 5) is 0. The molecule has 0 aromatic rings. The molecule has 0 saturated heterocycles. The second-order valence-corrected chi connectivity index (χ2v) is 4.07. The van der Waals surface area contributed by atoms with E-state index in [0.29, 0.717) is 17.8 Å². The summed E-state index contributed by atoms with van der Waals surface area (Å²) in [5.74, 6) is 2.06. The first kappa shape index (κ1) is 7.85. The summed E-state index contributed by atoms with van der Waals surface area (Å²) < 4.78 is 0. The molecule has 0 aliphatic heterocycles. The largest absolute Gasteiger partial charge is 0.103 e. The molecule has 3 aliphatic rings. The smallest absolute Gasteiger partial charge is 0.0102 e. The van der Waals surface area contributed by atoms with Crippen LogP contribution in [0.2, 0.25) is 0 Å². The molecule has 3 aliphatic carbocycles. The Morgan fingerprint density at radius 3 is 2.50 bits per heavy atom. The molecule has 12 heavy (non-hydrogen) atoms. The van der Waals surface area contributed by atoms with Crippen molar-refractivity contribution < 1.29 is 0 Å². The minimum absolute atomic E-state index is 0.667. The fourth-order valence-corrected chi connectivity index (χ4v) is 2.72. The minimum Gasteiger partial charge on any atom is -0.103 e. The van der Waals surface area contributed by atoms with Gasteiger partial charge in [0.05, 0.1) is 0 Å². The molecular weight excluding hydrogens is 144 g/mol. The van der Waals surface area contributed by atoms with Crippen LogP contribution in [0.3, 0.4) is 0 Å². The first-order valence-electron chi connectivity index (χ1n) is 4.74. The fraction of sp³-hybridized carbons (Fsp3) is 0.500. The van der Waals surface area contributed by atoms with Crippen LogP contribution in [0.5, 0.6) is 0 Å². The molecule has 0 radical (unpaired) electrons. The Kier molecular flexibility index (Phi) is 1.71. The molecule has 3 atom stereocenters. The topological polar surface area (TPSA) is 0 Å². The minimum atomic E-state index is 0.667. The zero-order valence-electron chi connectivity index (χ0n) is 7.55. The van der Waals surface area contributed by atoms with Gasteiger partial charge in [-0.1, -0.05) is 19.2 Å². The van der Waals surface area contributed by atoms with Crippen LogP contribution < -0.4 is 0 Å². The van der Waals surface area contributed by atoms with Crippen LogP contribution in [0.4, 0.5) is 0 Å². The molecular formula is C12H16. The number of rotatable bonds is 1. The molecule has 0 unspecified atom stereocenters. The molecule has 0 heteroatoms. The van der Waals surface area contributed by atoms with Crippen molar-refractivity contribution >= 4 is 0 Å². The van der Waals surface area contributed by atoms with E-state index in [1.807, 2.05) is 0 Å². The van der Waals surface area contributed by atoms with Crippen LogP contribution in [-0.2, 0) is 0 Å². The highest BCUT2D eigenvalue weighted by molar-refractivity contribution is 5.36. The predicted molar refractivity (Wildman–Crippen MR) is 52.8 cm³/mol. The van der Waals surface area contributed by atoms with Crippen LogP contribution in [0, 0.1) is 17.8 Å². The summed E-state index contributed by atoms with van der Waals surface area (Å²) >= 11 is 0. The maximum Gasteiger partial charge on any atom is -0.0102 e. The summed E-state index contributed by atoms with van der Waals surface area (Å²) in [7, 11) is 0. The van der Waals surface area contributed by atoms with Crippen molar-refractivity contribution in [3.8, 4) is 0 Å². The Hall–Kier alpha value is -0.780.